The Labute approximate surface area is 306 Å². The van der Waals surface area contributed by atoms with E-state index in [4.69, 9.17) is 4.74 Å². The molecule has 282 valence electrons. The van der Waals surface area contributed by atoms with Gasteiger partial charge in [0.1, 0.15) is 36.3 Å². The Kier molecular flexibility index (Phi) is 13.9. The first-order chi connectivity index (χ1) is 25.1. The van der Waals surface area contributed by atoms with Gasteiger partial charge in [-0.3, -0.25) is 24.2 Å². The zero-order valence-corrected chi connectivity index (χ0v) is 30.7. The van der Waals surface area contributed by atoms with Crippen molar-refractivity contribution in [2.24, 2.45) is 5.92 Å². The molecule has 0 aromatic heterocycles. The lowest BCUT2D eigenvalue weighted by Gasteiger charge is -2.34. The number of nitrogens with zero attached hydrogens (tertiary/aromatic N) is 3. The van der Waals surface area contributed by atoms with Gasteiger partial charge in [0.2, 0.25) is 17.7 Å². The summed E-state index contributed by atoms with van der Waals surface area (Å²) in [6.07, 6.45) is 9.59. The minimum Gasteiger partial charge on any atom is -0.486 e. The highest BCUT2D eigenvalue weighted by atomic mass is 19.1. The van der Waals surface area contributed by atoms with Crippen LogP contribution in [0.1, 0.15) is 87.6 Å². The van der Waals surface area contributed by atoms with Crippen molar-refractivity contribution in [3.05, 3.63) is 77.4 Å². The van der Waals surface area contributed by atoms with E-state index in [1.807, 2.05) is 55.4 Å². The van der Waals surface area contributed by atoms with Gasteiger partial charge in [-0.1, -0.05) is 69.9 Å². The van der Waals surface area contributed by atoms with Gasteiger partial charge in [0.05, 0.1) is 11.3 Å². The molecule has 3 aliphatic rings. The smallest absolute Gasteiger partial charge is 0.255 e. The van der Waals surface area contributed by atoms with E-state index in [1.165, 1.54) is 21.9 Å². The monoisotopic (exact) mass is 719 g/mol. The van der Waals surface area contributed by atoms with Crippen molar-refractivity contribution in [1.29, 1.82) is 0 Å². The fourth-order valence-electron chi connectivity index (χ4n) is 7.04. The number of hydrogen-bond acceptors (Lipinski definition) is 8. The molecular formula is C39H54FN7O5. The molecule has 12 nitrogen and oxygen atoms in total. The Bertz CT molecular complexity index is 1570. The Balaban J connectivity index is 1.40. The average Bonchev–Trinajstić information content (AvgIpc) is 3.81. The molecule has 4 amide bonds. The maximum atomic E-state index is 14.5. The van der Waals surface area contributed by atoms with Gasteiger partial charge in [0, 0.05) is 39.3 Å². The van der Waals surface area contributed by atoms with E-state index in [0.29, 0.717) is 38.8 Å². The summed E-state index contributed by atoms with van der Waals surface area (Å²) in [5.41, 5.74) is 7.82. The SMILES string of the molecule is CC(C)C[C@H]1NC(=O)c2cc(F)ccc2OCC2=CN(CCCCCCCCNC(=O)[C@H](Cc3ccccc3)N(C)C(=O)[C@H]3CCCN3C1=O)NN2. The first-order valence-corrected chi connectivity index (χ1v) is 18.7. The normalized spacial score (nSPS) is 23.3. The van der Waals surface area contributed by atoms with E-state index < -0.39 is 29.8 Å². The number of hydrazine groups is 2. The number of fused-ring (bicyclic) bond motifs is 3. The number of ether oxygens (including phenoxy) is 1. The Hall–Kier alpha value is -4.65. The van der Waals surface area contributed by atoms with Crippen molar-refractivity contribution < 1.29 is 28.3 Å². The van der Waals surface area contributed by atoms with Crippen LogP contribution >= 0.6 is 0 Å². The molecule has 2 aromatic carbocycles. The van der Waals surface area contributed by atoms with Gasteiger partial charge < -0.3 is 30.6 Å². The zero-order chi connectivity index (χ0) is 37.0. The quantitative estimate of drug-likeness (QED) is 0.372. The molecule has 0 unspecified atom stereocenters. The summed E-state index contributed by atoms with van der Waals surface area (Å²) in [5.74, 6) is -2.00. The van der Waals surface area contributed by atoms with Crippen LogP contribution in [0.4, 0.5) is 4.39 Å². The largest absolute Gasteiger partial charge is 0.486 e. The first kappa shape index (κ1) is 38.6. The third-order valence-corrected chi connectivity index (χ3v) is 9.89. The standard InChI is InChI=1S/C39H54FN7O5/c1-27(2)22-32-38(50)47-21-13-16-33(47)39(51)45(3)34(23-28-14-9-8-10-15-28)37(49)41-19-11-6-4-5-7-12-20-46-25-30(43-44-46)26-52-35-18-17-29(40)24-31(35)36(48)42-32/h8-10,14-15,17-18,24-25,27,32-34,43-44H,4-7,11-13,16,19-23,26H2,1-3H3,(H,41,49)(H,42,48)/t32-,33-,34+/m1/s1. The van der Waals surface area contributed by atoms with Crippen LogP contribution in [-0.4, -0.2) is 89.9 Å². The summed E-state index contributed by atoms with van der Waals surface area (Å²) in [7, 11) is 1.63. The van der Waals surface area contributed by atoms with Crippen molar-refractivity contribution in [2.75, 3.05) is 33.3 Å². The van der Waals surface area contributed by atoms with Crippen LogP contribution in [0.5, 0.6) is 5.75 Å². The van der Waals surface area contributed by atoms with E-state index in [0.717, 1.165) is 62.4 Å². The lowest BCUT2D eigenvalue weighted by atomic mass is 10.0. The van der Waals surface area contributed by atoms with E-state index in [-0.39, 0.29) is 41.6 Å². The van der Waals surface area contributed by atoms with E-state index >= 15 is 0 Å². The van der Waals surface area contributed by atoms with Crippen molar-refractivity contribution in [3.63, 3.8) is 0 Å². The topological polar surface area (TPSA) is 135 Å². The molecule has 0 aliphatic carbocycles. The summed E-state index contributed by atoms with van der Waals surface area (Å²) in [4.78, 5) is 59.0. The maximum Gasteiger partial charge on any atom is 0.255 e. The average molecular weight is 720 g/mol. The highest BCUT2D eigenvalue weighted by Crippen LogP contribution is 2.25. The molecule has 4 N–H and O–H groups in total. The fourth-order valence-corrected chi connectivity index (χ4v) is 7.04. The third kappa shape index (κ3) is 10.5. The van der Waals surface area contributed by atoms with Crippen LogP contribution in [0.15, 0.2) is 60.4 Å². The van der Waals surface area contributed by atoms with Crippen LogP contribution < -0.4 is 26.3 Å². The summed E-state index contributed by atoms with van der Waals surface area (Å²) in [6.45, 7) is 5.64. The second-order valence-electron chi connectivity index (χ2n) is 14.4. The van der Waals surface area contributed by atoms with Crippen LogP contribution in [0.2, 0.25) is 0 Å². The van der Waals surface area contributed by atoms with Crippen LogP contribution in [0.3, 0.4) is 0 Å². The summed E-state index contributed by atoms with van der Waals surface area (Å²) >= 11 is 0. The number of likely N-dealkylation sites (N-methyl/N-ethyl adjacent to an activating group) is 1. The molecule has 13 heteroatoms. The van der Waals surface area contributed by atoms with Crippen molar-refractivity contribution >= 4 is 23.6 Å². The van der Waals surface area contributed by atoms with E-state index in [9.17, 15) is 23.6 Å². The van der Waals surface area contributed by atoms with Gasteiger partial charge in [-0.2, -0.15) is 0 Å². The highest BCUT2D eigenvalue weighted by molar-refractivity contribution is 6.00. The number of hydrogen-bond donors (Lipinski definition) is 4. The molecule has 2 aromatic rings. The lowest BCUT2D eigenvalue weighted by Crippen LogP contribution is -2.57. The Morgan fingerprint density at radius 1 is 0.904 bits per heavy atom. The number of benzene rings is 2. The fraction of sp³-hybridized carbons (Fsp3) is 0.538. The summed E-state index contributed by atoms with van der Waals surface area (Å²) < 4.78 is 20.5. The molecule has 3 heterocycles. The molecular weight excluding hydrogens is 665 g/mol. The van der Waals surface area contributed by atoms with Gasteiger partial charge in [0.25, 0.3) is 5.91 Å². The molecule has 52 heavy (non-hydrogen) atoms. The Morgan fingerprint density at radius 2 is 1.65 bits per heavy atom. The van der Waals surface area contributed by atoms with Crippen LogP contribution in [0, 0.1) is 11.7 Å². The molecule has 5 rings (SSSR count). The molecule has 0 saturated carbocycles. The van der Waals surface area contributed by atoms with E-state index in [1.54, 1.807) is 7.05 Å². The van der Waals surface area contributed by atoms with Gasteiger partial charge >= 0.3 is 0 Å². The molecule has 2 bridgehead atoms. The van der Waals surface area contributed by atoms with Crippen LogP contribution in [0.25, 0.3) is 0 Å². The molecule has 3 aliphatic heterocycles. The molecule has 3 atom stereocenters. The zero-order valence-electron chi connectivity index (χ0n) is 30.7. The number of amides is 4. The van der Waals surface area contributed by atoms with E-state index in [2.05, 4.69) is 21.6 Å². The number of halogens is 1. The van der Waals surface area contributed by atoms with Gasteiger partial charge in [-0.25, -0.2) is 4.39 Å². The summed E-state index contributed by atoms with van der Waals surface area (Å²) in [5, 5.41) is 7.86. The second-order valence-corrected chi connectivity index (χ2v) is 14.4. The van der Waals surface area contributed by atoms with Crippen molar-refractivity contribution in [3.8, 4) is 5.75 Å². The highest BCUT2D eigenvalue weighted by Gasteiger charge is 2.41. The maximum absolute atomic E-state index is 14.5. The molecule has 0 spiro atoms. The molecule has 1 fully saturated rings. The predicted octanol–water partition coefficient (Wildman–Crippen LogP) is 4.05. The van der Waals surface area contributed by atoms with Gasteiger partial charge in [-0.15, -0.1) is 5.53 Å². The second kappa shape index (κ2) is 18.7. The van der Waals surface area contributed by atoms with Crippen molar-refractivity contribution in [1.82, 2.24) is 36.4 Å². The lowest BCUT2D eigenvalue weighted by molar-refractivity contribution is -0.147. The van der Waals surface area contributed by atoms with Gasteiger partial charge in [0.15, 0.2) is 0 Å². The number of nitrogens with one attached hydrogen (secondary N) is 4. The number of carbonyl (C=O) groups excluding carboxylic acids is 4. The molecule has 0 radical (unpaired) electrons. The first-order valence-electron chi connectivity index (χ1n) is 18.7. The van der Waals surface area contributed by atoms with Gasteiger partial charge in [-0.05, 0) is 61.8 Å². The number of rotatable bonds is 4. The minimum atomic E-state index is -0.971. The van der Waals surface area contributed by atoms with Crippen LogP contribution in [-0.2, 0) is 20.8 Å². The predicted molar refractivity (Wildman–Crippen MR) is 196 cm³/mol. The summed E-state index contributed by atoms with van der Waals surface area (Å²) in [6, 6.07) is 10.8. The molecule has 1 saturated heterocycles. The minimum absolute atomic E-state index is 0.0204. The number of carbonyl (C=O) groups is 4. The third-order valence-electron chi connectivity index (χ3n) is 9.89. The van der Waals surface area contributed by atoms with Crippen molar-refractivity contribution in [2.45, 2.75) is 96.2 Å². The Morgan fingerprint density at radius 3 is 2.42 bits per heavy atom.